The highest BCUT2D eigenvalue weighted by Gasteiger charge is 2.30. The van der Waals surface area contributed by atoms with Crippen LogP contribution in [-0.2, 0) is 20.6 Å². The zero-order valence-corrected chi connectivity index (χ0v) is 23.8. The second-order valence-corrected chi connectivity index (χ2v) is 11.2. The van der Waals surface area contributed by atoms with Crippen molar-refractivity contribution in [1.82, 2.24) is 30.5 Å². The number of hydrogen-bond acceptors (Lipinski definition) is 11. The summed E-state index contributed by atoms with van der Waals surface area (Å²) in [6.07, 6.45) is 2.71. The summed E-state index contributed by atoms with van der Waals surface area (Å²) in [5.41, 5.74) is 2.14. The lowest BCUT2D eigenvalue weighted by atomic mass is 9.95. The number of aromatic amines is 1. The van der Waals surface area contributed by atoms with Gasteiger partial charge in [-0.05, 0) is 31.4 Å². The number of hydrogen-bond donors (Lipinski definition) is 2. The van der Waals surface area contributed by atoms with E-state index >= 15 is 4.39 Å². The first kappa shape index (κ1) is 27.0. The summed E-state index contributed by atoms with van der Waals surface area (Å²) in [5, 5.41) is 12.1. The third kappa shape index (κ3) is 4.95. The number of halogens is 2. The Bertz CT molecular complexity index is 1670. The number of anilines is 2. The molecule has 12 nitrogen and oxygen atoms in total. The molecule has 2 atom stereocenters. The topological polar surface area (TPSA) is 131 Å². The monoisotopic (exact) mass is 596 g/mol. The van der Waals surface area contributed by atoms with Crippen LogP contribution >= 0.6 is 11.6 Å². The summed E-state index contributed by atoms with van der Waals surface area (Å²) in [6, 6.07) is 1.97. The summed E-state index contributed by atoms with van der Waals surface area (Å²) >= 11 is 6.75. The summed E-state index contributed by atoms with van der Waals surface area (Å²) < 4.78 is 33.7. The molecule has 4 aliphatic heterocycles. The van der Waals surface area contributed by atoms with Gasteiger partial charge in [-0.2, -0.15) is 10.1 Å². The Kier molecular flexibility index (Phi) is 7.16. The molecule has 4 aliphatic rings. The van der Waals surface area contributed by atoms with Crippen LogP contribution in [0, 0.1) is 5.82 Å². The van der Waals surface area contributed by atoms with Gasteiger partial charge >= 0.3 is 6.16 Å². The van der Waals surface area contributed by atoms with E-state index in [4.69, 9.17) is 35.8 Å². The van der Waals surface area contributed by atoms with E-state index in [-0.39, 0.29) is 37.0 Å². The smallest absolute Gasteiger partial charge is 0.434 e. The minimum absolute atomic E-state index is 0.0961. The molecule has 14 heteroatoms. The highest BCUT2D eigenvalue weighted by atomic mass is 35.5. The molecule has 2 saturated heterocycles. The lowest BCUT2D eigenvalue weighted by Crippen LogP contribution is -2.50. The van der Waals surface area contributed by atoms with Crippen LogP contribution in [0.2, 0.25) is 5.02 Å². The molecule has 7 heterocycles. The van der Waals surface area contributed by atoms with Gasteiger partial charge in [0.1, 0.15) is 23.1 Å². The first-order chi connectivity index (χ1) is 20.5. The van der Waals surface area contributed by atoms with Crippen LogP contribution in [0.4, 0.5) is 21.0 Å². The number of H-pyrrole nitrogens is 1. The number of carbonyl (C=O) groups is 1. The Morgan fingerprint density at radius 3 is 2.90 bits per heavy atom. The maximum absolute atomic E-state index is 16.9. The molecule has 0 amide bonds. The number of carbonyl (C=O) groups excluding carboxylic acids is 1. The van der Waals surface area contributed by atoms with Gasteiger partial charge in [-0.15, -0.1) is 0 Å². The molecule has 4 aromatic rings. The molecule has 3 aromatic heterocycles. The molecule has 8 rings (SSSR count). The second-order valence-electron chi connectivity index (χ2n) is 10.8. The number of rotatable bonds is 1. The summed E-state index contributed by atoms with van der Waals surface area (Å²) in [4.78, 5) is 31.0. The van der Waals surface area contributed by atoms with Gasteiger partial charge in [0.05, 0.1) is 43.5 Å². The molecule has 2 fully saturated rings. The van der Waals surface area contributed by atoms with E-state index in [1.54, 1.807) is 18.5 Å². The maximum atomic E-state index is 16.9. The van der Waals surface area contributed by atoms with Gasteiger partial charge in [0.2, 0.25) is 5.95 Å². The van der Waals surface area contributed by atoms with Crippen molar-refractivity contribution in [2.75, 3.05) is 62.3 Å². The zero-order chi connectivity index (χ0) is 28.8. The Morgan fingerprint density at radius 2 is 2.02 bits per heavy atom. The van der Waals surface area contributed by atoms with Crippen LogP contribution in [0.5, 0.6) is 0 Å². The molecule has 2 N–H and O–H groups in total. The largest absolute Gasteiger partial charge is 0.508 e. The maximum Gasteiger partial charge on any atom is 0.508 e. The van der Waals surface area contributed by atoms with E-state index in [1.165, 1.54) is 0 Å². The fraction of sp³-hybridized carbons (Fsp3) is 0.464. The van der Waals surface area contributed by atoms with E-state index in [9.17, 15) is 4.79 Å². The predicted octanol–water partition coefficient (Wildman–Crippen LogP) is 3.46. The van der Waals surface area contributed by atoms with Crippen LogP contribution in [-0.4, -0.2) is 96.0 Å². The number of aromatic nitrogens is 5. The number of pyridine rings is 1. The van der Waals surface area contributed by atoms with Crippen molar-refractivity contribution < 1.29 is 23.4 Å². The van der Waals surface area contributed by atoms with Gasteiger partial charge < -0.3 is 29.3 Å². The second kappa shape index (κ2) is 11.1. The van der Waals surface area contributed by atoms with Crippen LogP contribution in [0.3, 0.4) is 0 Å². The average Bonchev–Trinajstić information content (AvgIpc) is 3.32. The minimum atomic E-state index is -0.770. The molecule has 0 aliphatic carbocycles. The van der Waals surface area contributed by atoms with Crippen molar-refractivity contribution in [3.63, 3.8) is 0 Å². The summed E-state index contributed by atoms with van der Waals surface area (Å²) in [5.74, 6) is 0.354. The van der Waals surface area contributed by atoms with Crippen molar-refractivity contribution in [1.29, 1.82) is 0 Å². The van der Waals surface area contributed by atoms with E-state index in [1.807, 2.05) is 4.90 Å². The van der Waals surface area contributed by atoms with Gasteiger partial charge in [0.25, 0.3) is 0 Å². The summed E-state index contributed by atoms with van der Waals surface area (Å²) in [6.45, 7) is 5.59. The Hall–Kier alpha value is -3.81. The number of fused-ring (bicyclic) bond motifs is 7. The predicted molar refractivity (Wildman–Crippen MR) is 155 cm³/mol. The third-order valence-corrected chi connectivity index (χ3v) is 8.26. The normalized spacial score (nSPS) is 21.8. The van der Waals surface area contributed by atoms with Crippen molar-refractivity contribution in [2.45, 2.75) is 31.9 Å². The van der Waals surface area contributed by atoms with Crippen LogP contribution in [0.25, 0.3) is 33.1 Å². The van der Waals surface area contributed by atoms with E-state index in [0.717, 1.165) is 6.54 Å². The molecule has 220 valence electrons. The van der Waals surface area contributed by atoms with Crippen molar-refractivity contribution in [3.8, 4) is 11.3 Å². The first-order valence-electron chi connectivity index (χ1n) is 14.1. The zero-order valence-electron chi connectivity index (χ0n) is 23.0. The Balaban J connectivity index is 1.48. The first-order valence-corrected chi connectivity index (χ1v) is 14.5. The molecular formula is C28H30ClFN8O4. The number of nitrogens with zero attached hydrogens (tertiary/aromatic N) is 6. The molecule has 0 spiro atoms. The number of piperazine rings is 1. The lowest BCUT2D eigenvalue weighted by Gasteiger charge is -2.33. The van der Waals surface area contributed by atoms with Crippen LogP contribution in [0.15, 0.2) is 18.5 Å². The van der Waals surface area contributed by atoms with Crippen LogP contribution < -0.4 is 15.1 Å². The highest BCUT2D eigenvalue weighted by molar-refractivity contribution is 6.33. The molecule has 1 aromatic carbocycles. The average molecular weight is 597 g/mol. The van der Waals surface area contributed by atoms with Gasteiger partial charge in [-0.25, -0.2) is 14.2 Å². The minimum Gasteiger partial charge on any atom is -0.434 e. The van der Waals surface area contributed by atoms with Crippen molar-refractivity contribution in [2.24, 2.45) is 0 Å². The molecule has 6 bridgehead atoms. The van der Waals surface area contributed by atoms with E-state index in [0.29, 0.717) is 83.3 Å². The Labute approximate surface area is 245 Å². The van der Waals surface area contributed by atoms with Gasteiger partial charge in [0, 0.05) is 54.4 Å². The fourth-order valence-electron chi connectivity index (χ4n) is 5.93. The summed E-state index contributed by atoms with van der Waals surface area (Å²) in [7, 11) is 0. The van der Waals surface area contributed by atoms with E-state index < -0.39 is 18.1 Å². The van der Waals surface area contributed by atoms with Crippen molar-refractivity contribution in [3.05, 3.63) is 34.9 Å². The molecule has 0 saturated carbocycles. The SMILES string of the molecule is C[C@@H]1CN(c2nc3c4cnc(c(F)c4n2)-c2c(c(Cl)cc4[nH]ncc24)CCCOC(=O)O[C@@H]2COCCN3C2)CCN1. The molecule has 0 unspecified atom stereocenters. The molecule has 42 heavy (non-hydrogen) atoms. The highest BCUT2D eigenvalue weighted by Crippen LogP contribution is 2.40. The number of benzene rings is 1. The fourth-order valence-corrected chi connectivity index (χ4v) is 6.23. The van der Waals surface area contributed by atoms with Gasteiger partial charge in [-0.3, -0.25) is 10.1 Å². The van der Waals surface area contributed by atoms with E-state index in [2.05, 4.69) is 32.3 Å². The van der Waals surface area contributed by atoms with Gasteiger partial charge in [0.15, 0.2) is 5.82 Å². The lowest BCUT2D eigenvalue weighted by molar-refractivity contribution is -0.00447. The quantitative estimate of drug-likeness (QED) is 0.313. The third-order valence-electron chi connectivity index (χ3n) is 7.93. The van der Waals surface area contributed by atoms with Crippen molar-refractivity contribution >= 4 is 51.3 Å². The number of ether oxygens (including phenoxy) is 3. The standard InChI is InChI=1S/C28H30ClFN8O4/c1-15-12-38(5-4-31-15)27-34-24-19-10-32-25(23(24)30)22-17(20(29)9-21-18(22)11-33-36-21)3-2-7-41-28(39)42-16-13-37(26(19)35-27)6-8-40-14-16/h9-11,15-16,31H,2-8,12-14H2,1H3,(H,33,36)/t15-,16+/m1/s1. The molecule has 0 radical (unpaired) electrons. The van der Waals surface area contributed by atoms with Crippen LogP contribution in [0.1, 0.15) is 18.9 Å². The molecular weight excluding hydrogens is 567 g/mol. The number of nitrogens with one attached hydrogen (secondary N) is 2. The Morgan fingerprint density at radius 1 is 1.12 bits per heavy atom. The van der Waals surface area contributed by atoms with Gasteiger partial charge in [-0.1, -0.05) is 11.6 Å².